The van der Waals surface area contributed by atoms with Crippen LogP contribution in [0.5, 0.6) is 0 Å². The highest BCUT2D eigenvalue weighted by Gasteiger charge is 2.22. The summed E-state index contributed by atoms with van der Waals surface area (Å²) in [4.78, 5) is 22.4. The number of carbonyl (C=O) groups is 2. The number of rotatable bonds is 17. The Labute approximate surface area is 220 Å². The largest absolute Gasteiger partial charge is 0.726 e. The third-order valence-corrected chi connectivity index (χ3v) is 5.26. The molecule has 2 N–H and O–H groups in total. The molecule has 9 nitrogen and oxygen atoms in total. The van der Waals surface area contributed by atoms with Crippen LogP contribution < -0.4 is 5.32 Å². The highest BCUT2D eigenvalue weighted by Crippen LogP contribution is 2.10. The van der Waals surface area contributed by atoms with Crippen LogP contribution in [-0.2, 0) is 24.2 Å². The number of quaternary nitrogens is 1. The Balaban J connectivity index is -0.000000518. The second kappa shape index (κ2) is 22.6. The van der Waals surface area contributed by atoms with Crippen LogP contribution in [0.15, 0.2) is 24.3 Å². The molecule has 1 atom stereocenters. The van der Waals surface area contributed by atoms with Crippen molar-refractivity contribution in [2.45, 2.75) is 91.1 Å². The van der Waals surface area contributed by atoms with Crippen molar-refractivity contribution in [1.29, 1.82) is 0 Å². The Bertz CT molecular complexity index is 729. The molecule has 0 saturated heterocycles. The molecule has 0 aromatic rings. The Morgan fingerprint density at radius 2 is 1.31 bits per heavy atom. The monoisotopic (exact) mass is 536 g/mol. The Hall–Kier alpha value is -1.59. The van der Waals surface area contributed by atoms with E-state index in [4.69, 9.17) is 0 Å². The lowest BCUT2D eigenvalue weighted by Crippen LogP contribution is -2.44. The maximum absolute atomic E-state index is 11.2. The number of ketones is 1. The molecule has 214 valence electrons. The van der Waals surface area contributed by atoms with E-state index in [0.29, 0.717) is 22.2 Å². The number of nitrogens with zero attached hydrogens (tertiary/aromatic N) is 1. The number of likely N-dealkylation sites (N-methyl/N-ethyl adjacent to an activating group) is 1. The Kier molecular flexibility index (Phi) is 24.4. The Morgan fingerprint density at radius 1 is 0.917 bits per heavy atom. The molecule has 36 heavy (non-hydrogen) atoms. The van der Waals surface area contributed by atoms with E-state index in [1.165, 1.54) is 57.8 Å². The maximum Gasteiger partial charge on any atom is 0.246 e. The number of hydrogen-bond acceptors (Lipinski definition) is 7. The first-order valence-corrected chi connectivity index (χ1v) is 13.9. The van der Waals surface area contributed by atoms with E-state index >= 15 is 0 Å². The highest BCUT2D eigenvalue weighted by atomic mass is 32.3. The number of carbonyl (C=O) groups excluding carboxylic acids is 2. The van der Waals surface area contributed by atoms with Gasteiger partial charge in [0.15, 0.2) is 11.9 Å². The molecular formula is C26H52N2O7S. The quantitative estimate of drug-likeness (QED) is 0.0947. The fraction of sp³-hybridized carbons (Fsp3) is 0.769. The van der Waals surface area contributed by atoms with Gasteiger partial charge in [-0.15, -0.1) is 0 Å². The van der Waals surface area contributed by atoms with Crippen LogP contribution in [0, 0.1) is 0 Å². The number of Topliss-reactive ketones (excluding diaryl/α,β-unsaturated/α-hetero) is 1. The fourth-order valence-electron chi connectivity index (χ4n) is 2.85. The van der Waals surface area contributed by atoms with Crippen LogP contribution in [0.25, 0.3) is 0 Å². The minimum absolute atomic E-state index is 0.00840. The van der Waals surface area contributed by atoms with Crippen LogP contribution in [0.1, 0.15) is 85.0 Å². The smallest absolute Gasteiger partial charge is 0.246 e. The predicted molar refractivity (Wildman–Crippen MR) is 145 cm³/mol. The molecule has 0 heterocycles. The lowest BCUT2D eigenvalue weighted by Gasteiger charge is -2.26. The Morgan fingerprint density at radius 3 is 1.61 bits per heavy atom. The molecule has 0 saturated carbocycles. The van der Waals surface area contributed by atoms with Crippen LogP contribution in [0.4, 0.5) is 0 Å². The summed E-state index contributed by atoms with van der Waals surface area (Å²) < 4.78 is 31.6. The zero-order valence-electron chi connectivity index (χ0n) is 23.7. The summed E-state index contributed by atoms with van der Waals surface area (Å²) in [5.74, 6) is -0.269. The molecule has 0 bridgehead atoms. The van der Waals surface area contributed by atoms with Crippen LogP contribution in [0.3, 0.4) is 0 Å². The first-order valence-electron chi connectivity index (χ1n) is 12.6. The van der Waals surface area contributed by atoms with Gasteiger partial charge in [-0.25, -0.2) is 8.42 Å². The van der Waals surface area contributed by atoms with E-state index in [-0.39, 0.29) is 11.7 Å². The van der Waals surface area contributed by atoms with Gasteiger partial charge in [-0.2, -0.15) is 0 Å². The molecule has 0 aliphatic heterocycles. The van der Waals surface area contributed by atoms with E-state index in [1.54, 1.807) is 13.8 Å². The fourth-order valence-corrected chi connectivity index (χ4v) is 2.85. The van der Waals surface area contributed by atoms with Gasteiger partial charge in [0, 0.05) is 12.1 Å². The average Bonchev–Trinajstić information content (AvgIpc) is 2.75. The van der Waals surface area contributed by atoms with E-state index in [0.717, 1.165) is 20.1 Å². The lowest BCUT2D eigenvalue weighted by molar-refractivity contribution is -0.872. The zero-order chi connectivity index (χ0) is 28.8. The number of unbranched alkanes of at least 4 members (excludes halogenated alkanes) is 9. The van der Waals surface area contributed by atoms with Gasteiger partial charge >= 0.3 is 0 Å². The first kappa shape index (κ1) is 38.9. The van der Waals surface area contributed by atoms with Gasteiger partial charge in [0.25, 0.3) is 0 Å². The summed E-state index contributed by atoms with van der Waals surface area (Å²) in [5.41, 5.74) is 1.01. The summed E-state index contributed by atoms with van der Waals surface area (Å²) >= 11 is 0. The van der Waals surface area contributed by atoms with Crippen LogP contribution in [-0.4, -0.2) is 81.7 Å². The van der Waals surface area contributed by atoms with Crippen LogP contribution >= 0.6 is 0 Å². The summed E-state index contributed by atoms with van der Waals surface area (Å²) in [5, 5.41) is 12.3. The average molecular weight is 537 g/mol. The predicted octanol–water partition coefficient (Wildman–Crippen LogP) is 3.89. The van der Waals surface area contributed by atoms with E-state index in [1.807, 2.05) is 21.1 Å². The first-order chi connectivity index (χ1) is 16.5. The lowest BCUT2D eigenvalue weighted by atomic mass is 10.1. The summed E-state index contributed by atoms with van der Waals surface area (Å²) in [6.07, 6.45) is 12.4. The number of aliphatic hydroxyl groups excluding tert-OH is 1. The van der Waals surface area contributed by atoms with Gasteiger partial charge in [0.1, 0.15) is 6.54 Å². The number of aliphatic hydroxyl groups is 1. The standard InChI is InChI=1S/C16H31NO.C9H18NO2.CH4O4S/c1-4-5-6-7-8-9-10-11-12-13-14-17-16(18)15(2)3;1-7(2)9(12)8(11)6-10(3,4)5;1-5-6(2,3)4/h2,4-14H2,1,3H3,(H,17,18);8,11H,1,6H2,2-5H3;1H3,(H,2,3,4)/q;+1;/p-1. The van der Waals surface area contributed by atoms with Crippen molar-refractivity contribution in [2.24, 2.45) is 0 Å². The van der Waals surface area contributed by atoms with Gasteiger partial charge in [-0.05, 0) is 25.8 Å². The van der Waals surface area contributed by atoms with Crippen molar-refractivity contribution in [1.82, 2.24) is 5.32 Å². The summed E-state index contributed by atoms with van der Waals surface area (Å²) in [6.45, 7) is 13.9. The summed E-state index contributed by atoms with van der Waals surface area (Å²) in [6, 6.07) is 0. The van der Waals surface area contributed by atoms with E-state index < -0.39 is 16.5 Å². The molecule has 0 spiro atoms. The number of nitrogens with one attached hydrogen (secondary N) is 1. The maximum atomic E-state index is 11.2. The molecule has 0 aromatic carbocycles. The molecule has 10 heteroatoms. The van der Waals surface area contributed by atoms with Gasteiger partial charge < -0.3 is 19.5 Å². The molecule has 1 unspecified atom stereocenters. The molecule has 0 fully saturated rings. The van der Waals surface area contributed by atoms with Gasteiger partial charge in [-0.1, -0.05) is 77.9 Å². The SMILES string of the molecule is C=C(C)C(=O)C(O)C[N+](C)(C)C.C=C(C)C(=O)NCCCCCCCCCCCC.COS(=O)(=O)[O-]. The van der Waals surface area contributed by atoms with E-state index in [2.05, 4.69) is 29.6 Å². The van der Waals surface area contributed by atoms with Crippen molar-refractivity contribution in [3.63, 3.8) is 0 Å². The van der Waals surface area contributed by atoms with Crippen molar-refractivity contribution in [3.05, 3.63) is 24.3 Å². The van der Waals surface area contributed by atoms with Gasteiger partial charge in [-0.3, -0.25) is 13.8 Å². The topological polar surface area (TPSA) is 133 Å². The third kappa shape index (κ3) is 32.4. The molecule has 0 aromatic heterocycles. The molecule has 0 aliphatic carbocycles. The molecule has 0 radical (unpaired) electrons. The van der Waals surface area contributed by atoms with Crippen molar-refractivity contribution < 1.29 is 36.3 Å². The number of hydrogen-bond donors (Lipinski definition) is 2. The number of amides is 1. The van der Waals surface area contributed by atoms with Gasteiger partial charge in [0.2, 0.25) is 16.3 Å². The minimum Gasteiger partial charge on any atom is -0.726 e. The molecule has 0 aliphatic rings. The third-order valence-electron chi connectivity index (χ3n) is 4.85. The molecule has 0 rings (SSSR count). The minimum atomic E-state index is -4.41. The van der Waals surface area contributed by atoms with Crippen molar-refractivity contribution >= 4 is 22.1 Å². The second-order valence-electron chi connectivity index (χ2n) is 9.93. The summed E-state index contributed by atoms with van der Waals surface area (Å²) in [7, 11) is 2.17. The highest BCUT2D eigenvalue weighted by molar-refractivity contribution is 7.80. The molecular weight excluding hydrogens is 484 g/mol. The van der Waals surface area contributed by atoms with Crippen molar-refractivity contribution in [2.75, 3.05) is 41.3 Å². The second-order valence-corrected chi connectivity index (χ2v) is 11.1. The van der Waals surface area contributed by atoms with Crippen LogP contribution in [0.2, 0.25) is 0 Å². The zero-order valence-corrected chi connectivity index (χ0v) is 24.5. The van der Waals surface area contributed by atoms with Gasteiger partial charge in [0.05, 0.1) is 28.3 Å². The van der Waals surface area contributed by atoms with Crippen molar-refractivity contribution in [3.8, 4) is 0 Å². The van der Waals surface area contributed by atoms with E-state index in [9.17, 15) is 27.7 Å². The molecule has 1 amide bonds. The normalized spacial score (nSPS) is 11.8.